The number of hydrogen-bond acceptors (Lipinski definition) is 5. The fraction of sp³-hybridized carbons (Fsp3) is 0.750. The van der Waals surface area contributed by atoms with Crippen molar-refractivity contribution in [1.82, 2.24) is 0 Å². The Hall–Kier alpha value is -0.820. The summed E-state index contributed by atoms with van der Waals surface area (Å²) in [6.07, 6.45) is 0.352. The minimum atomic E-state index is -0.844. The van der Waals surface area contributed by atoms with E-state index >= 15 is 0 Å². The second-order valence-electron chi connectivity index (χ2n) is 3.48. The van der Waals surface area contributed by atoms with E-state index in [9.17, 15) is 10.0 Å². The SMILES string of the molecule is CC(=O)C1C[N+]([O-])(C2OCCO2)C=N1. The first-order chi connectivity index (χ1) is 6.62. The van der Waals surface area contributed by atoms with Gasteiger partial charge in [-0.3, -0.25) is 9.44 Å². The summed E-state index contributed by atoms with van der Waals surface area (Å²) >= 11 is 0. The Morgan fingerprint density at radius 3 is 2.71 bits per heavy atom. The maximum absolute atomic E-state index is 12.0. The van der Waals surface area contributed by atoms with Crippen LogP contribution < -0.4 is 0 Å². The second-order valence-corrected chi connectivity index (χ2v) is 3.48. The fourth-order valence-electron chi connectivity index (χ4n) is 1.53. The number of carbonyl (C=O) groups excluding carboxylic acids is 1. The first kappa shape index (κ1) is 9.72. The molecule has 6 heteroatoms. The summed E-state index contributed by atoms with van der Waals surface area (Å²) in [6, 6.07) is -0.541. The summed E-state index contributed by atoms with van der Waals surface area (Å²) in [5.74, 6) is -0.102. The summed E-state index contributed by atoms with van der Waals surface area (Å²) in [4.78, 5) is 14.9. The highest BCUT2D eigenvalue weighted by atomic mass is 16.8. The highest BCUT2D eigenvalue weighted by Crippen LogP contribution is 2.22. The Morgan fingerprint density at radius 1 is 1.57 bits per heavy atom. The molecular weight excluding hydrogens is 188 g/mol. The molecule has 2 heterocycles. The van der Waals surface area contributed by atoms with Gasteiger partial charge in [0.15, 0.2) is 18.2 Å². The van der Waals surface area contributed by atoms with Crippen molar-refractivity contribution < 1.29 is 18.9 Å². The first-order valence-corrected chi connectivity index (χ1v) is 4.48. The molecule has 2 aliphatic rings. The van der Waals surface area contributed by atoms with Crippen LogP contribution in [-0.4, -0.2) is 49.0 Å². The van der Waals surface area contributed by atoms with Gasteiger partial charge in [-0.05, 0) is 6.92 Å². The van der Waals surface area contributed by atoms with E-state index in [1.54, 1.807) is 0 Å². The van der Waals surface area contributed by atoms with E-state index in [0.717, 1.165) is 0 Å². The van der Waals surface area contributed by atoms with Gasteiger partial charge in [0.25, 0.3) is 0 Å². The number of hydrogen-bond donors (Lipinski definition) is 0. The highest BCUT2D eigenvalue weighted by Gasteiger charge is 2.40. The number of quaternary nitrogens is 1. The van der Waals surface area contributed by atoms with Crippen molar-refractivity contribution in [2.45, 2.75) is 19.4 Å². The van der Waals surface area contributed by atoms with Crippen molar-refractivity contribution >= 4 is 12.1 Å². The van der Waals surface area contributed by atoms with Gasteiger partial charge in [0.2, 0.25) is 0 Å². The van der Waals surface area contributed by atoms with E-state index in [1.165, 1.54) is 13.3 Å². The molecule has 14 heavy (non-hydrogen) atoms. The highest BCUT2D eigenvalue weighted by molar-refractivity contribution is 5.83. The zero-order valence-electron chi connectivity index (χ0n) is 7.88. The van der Waals surface area contributed by atoms with E-state index in [2.05, 4.69) is 4.99 Å². The monoisotopic (exact) mass is 200 g/mol. The lowest BCUT2D eigenvalue weighted by Gasteiger charge is -2.37. The molecule has 0 saturated carbocycles. The molecule has 0 aromatic rings. The predicted octanol–water partition coefficient (Wildman–Crippen LogP) is -0.369. The number of nitrogens with zero attached hydrogens (tertiary/aromatic N) is 2. The second kappa shape index (κ2) is 3.39. The average Bonchev–Trinajstić information content (AvgIpc) is 2.71. The van der Waals surface area contributed by atoms with Crippen LogP contribution in [0.3, 0.4) is 0 Å². The average molecular weight is 200 g/mol. The maximum Gasteiger partial charge on any atom is 0.314 e. The van der Waals surface area contributed by atoms with E-state index in [-0.39, 0.29) is 12.3 Å². The molecule has 6 nitrogen and oxygen atoms in total. The van der Waals surface area contributed by atoms with Crippen LogP contribution in [0.5, 0.6) is 0 Å². The molecule has 1 fully saturated rings. The van der Waals surface area contributed by atoms with Crippen molar-refractivity contribution in [2.24, 2.45) is 4.99 Å². The molecule has 0 spiro atoms. The van der Waals surface area contributed by atoms with Crippen LogP contribution in [0, 0.1) is 5.21 Å². The number of ketones is 1. The minimum absolute atomic E-state index is 0.0833. The molecule has 1 saturated heterocycles. The molecule has 0 amide bonds. The number of aliphatic imine (C=N–C) groups is 1. The molecule has 2 atom stereocenters. The normalized spacial score (nSPS) is 38.0. The molecule has 0 bridgehead atoms. The number of Topliss-reactive ketones (excluding diaryl/α,β-unsaturated/α-hetero) is 1. The zero-order chi connectivity index (χ0) is 10.2. The fourth-order valence-corrected chi connectivity index (χ4v) is 1.53. The van der Waals surface area contributed by atoms with Gasteiger partial charge in [-0.2, -0.15) is 0 Å². The van der Waals surface area contributed by atoms with E-state index in [4.69, 9.17) is 9.47 Å². The number of carbonyl (C=O) groups is 1. The third-order valence-electron chi connectivity index (χ3n) is 2.33. The van der Waals surface area contributed by atoms with Crippen molar-refractivity contribution in [3.05, 3.63) is 5.21 Å². The lowest BCUT2D eigenvalue weighted by Crippen LogP contribution is -2.50. The van der Waals surface area contributed by atoms with Gasteiger partial charge in [0, 0.05) is 0 Å². The summed E-state index contributed by atoms with van der Waals surface area (Å²) < 4.78 is 9.40. The maximum atomic E-state index is 12.0. The lowest BCUT2D eigenvalue weighted by atomic mass is 10.2. The minimum Gasteiger partial charge on any atom is -0.623 e. The van der Waals surface area contributed by atoms with Crippen LogP contribution in [0.4, 0.5) is 0 Å². The zero-order valence-corrected chi connectivity index (χ0v) is 7.88. The van der Waals surface area contributed by atoms with Crippen LogP contribution in [0.25, 0.3) is 0 Å². The van der Waals surface area contributed by atoms with Gasteiger partial charge in [-0.1, -0.05) is 0 Å². The Balaban J connectivity index is 2.05. The molecule has 0 N–H and O–H groups in total. The van der Waals surface area contributed by atoms with Gasteiger partial charge in [-0.15, -0.1) is 0 Å². The van der Waals surface area contributed by atoms with Gasteiger partial charge < -0.3 is 14.7 Å². The van der Waals surface area contributed by atoms with Crippen molar-refractivity contribution in [1.29, 1.82) is 0 Å². The smallest absolute Gasteiger partial charge is 0.314 e. The van der Waals surface area contributed by atoms with E-state index in [1.807, 2.05) is 0 Å². The van der Waals surface area contributed by atoms with E-state index in [0.29, 0.717) is 13.2 Å². The molecule has 2 rings (SSSR count). The third-order valence-corrected chi connectivity index (χ3v) is 2.33. The summed E-state index contributed by atoms with van der Waals surface area (Å²) in [6.45, 7) is 2.35. The largest absolute Gasteiger partial charge is 0.623 e. The molecule has 2 unspecified atom stereocenters. The van der Waals surface area contributed by atoms with Crippen LogP contribution >= 0.6 is 0 Å². The molecule has 0 aromatic carbocycles. The molecule has 0 aromatic heterocycles. The quantitative estimate of drug-likeness (QED) is 0.450. The van der Waals surface area contributed by atoms with Gasteiger partial charge >= 0.3 is 6.41 Å². The topological polar surface area (TPSA) is 71.0 Å². The van der Waals surface area contributed by atoms with Crippen LogP contribution in [-0.2, 0) is 14.3 Å². The molecular formula is C8H12N2O4. The van der Waals surface area contributed by atoms with Crippen LogP contribution in [0.2, 0.25) is 0 Å². The standard InChI is InChI=1S/C8H12N2O4/c1-6(11)7-4-10(12,5-9-7)8-13-2-3-14-8/h5,7-8H,2-4H2,1H3. The van der Waals surface area contributed by atoms with Crippen molar-refractivity contribution in [2.75, 3.05) is 19.8 Å². The molecule has 2 aliphatic heterocycles. The van der Waals surface area contributed by atoms with Crippen LogP contribution in [0.1, 0.15) is 6.92 Å². The first-order valence-electron chi connectivity index (χ1n) is 4.48. The molecule has 0 aliphatic carbocycles. The Kier molecular flexibility index (Phi) is 2.36. The predicted molar refractivity (Wildman–Crippen MR) is 47.1 cm³/mol. The molecule has 0 radical (unpaired) electrons. The Labute approximate surface area is 81.3 Å². The Bertz CT molecular complexity index is 275. The third kappa shape index (κ3) is 1.57. The van der Waals surface area contributed by atoms with Gasteiger partial charge in [-0.25, -0.2) is 4.99 Å². The number of ether oxygens (including phenoxy) is 2. The summed E-state index contributed by atoms with van der Waals surface area (Å²) in [5.41, 5.74) is 0. The summed E-state index contributed by atoms with van der Waals surface area (Å²) in [7, 11) is 0. The van der Waals surface area contributed by atoms with Crippen molar-refractivity contribution in [3.63, 3.8) is 0 Å². The van der Waals surface area contributed by atoms with Gasteiger partial charge in [0.05, 0.1) is 13.2 Å². The number of rotatable bonds is 2. The van der Waals surface area contributed by atoms with Crippen molar-refractivity contribution in [3.8, 4) is 0 Å². The number of hydroxylamine groups is 3. The summed E-state index contributed by atoms with van der Waals surface area (Å²) in [5, 5.41) is 12.0. The lowest BCUT2D eigenvalue weighted by molar-refractivity contribution is -0.859. The van der Waals surface area contributed by atoms with Gasteiger partial charge in [0.1, 0.15) is 6.54 Å². The molecule has 78 valence electrons. The van der Waals surface area contributed by atoms with Crippen LogP contribution in [0.15, 0.2) is 4.99 Å². The van der Waals surface area contributed by atoms with E-state index < -0.39 is 17.1 Å². The Morgan fingerprint density at radius 2 is 2.21 bits per heavy atom.